The fraction of sp³-hybridized carbons (Fsp3) is 0.458. The Morgan fingerprint density at radius 3 is 2.40 bits per heavy atom. The molecule has 1 unspecified atom stereocenters. The van der Waals surface area contributed by atoms with Crippen LogP contribution in [-0.2, 0) is 17.9 Å². The molecule has 3 N–H and O–H groups in total. The third-order valence-electron chi connectivity index (χ3n) is 4.32. The third kappa shape index (κ3) is 10.4. The Balaban J connectivity index is 0.00000450. The standard InChI is InChI=1S/C24H35N3O2.HI/c1-5-25-23(26-15-14-22(28)21-12-7-6-8-13-21)27-17-19-10-9-11-20(16-19)18-29-24(2,3)4;/h6-13,16,22,28H,5,14-15,17-18H2,1-4H3,(H2,25,26,27);1H. The number of nitrogens with one attached hydrogen (secondary N) is 2. The Labute approximate surface area is 198 Å². The summed E-state index contributed by atoms with van der Waals surface area (Å²) < 4.78 is 5.86. The summed E-state index contributed by atoms with van der Waals surface area (Å²) in [5.74, 6) is 0.754. The van der Waals surface area contributed by atoms with Crippen molar-refractivity contribution in [3.8, 4) is 0 Å². The lowest BCUT2D eigenvalue weighted by atomic mass is 10.1. The van der Waals surface area contributed by atoms with Crippen LogP contribution in [0.15, 0.2) is 59.6 Å². The quantitative estimate of drug-likeness (QED) is 0.250. The Morgan fingerprint density at radius 1 is 1.03 bits per heavy atom. The molecule has 0 heterocycles. The summed E-state index contributed by atoms with van der Waals surface area (Å²) in [6.07, 6.45) is 0.139. The van der Waals surface area contributed by atoms with E-state index in [1.165, 1.54) is 0 Å². The molecule has 0 fully saturated rings. The van der Waals surface area contributed by atoms with Crippen molar-refractivity contribution in [2.45, 2.75) is 59.0 Å². The van der Waals surface area contributed by atoms with Gasteiger partial charge < -0.3 is 20.5 Å². The zero-order chi connectivity index (χ0) is 21.1. The van der Waals surface area contributed by atoms with E-state index in [0.717, 1.165) is 29.2 Å². The summed E-state index contributed by atoms with van der Waals surface area (Å²) >= 11 is 0. The van der Waals surface area contributed by atoms with Crippen LogP contribution in [-0.4, -0.2) is 29.8 Å². The predicted octanol–water partition coefficient (Wildman–Crippen LogP) is 4.80. The Kier molecular flexibility index (Phi) is 12.0. The molecule has 2 aromatic rings. The zero-order valence-corrected chi connectivity index (χ0v) is 20.9. The van der Waals surface area contributed by atoms with Crippen molar-refractivity contribution in [2.24, 2.45) is 4.99 Å². The van der Waals surface area contributed by atoms with Crippen LogP contribution in [0, 0.1) is 0 Å². The summed E-state index contributed by atoms with van der Waals surface area (Å²) in [5, 5.41) is 16.9. The van der Waals surface area contributed by atoms with Gasteiger partial charge in [0.25, 0.3) is 0 Å². The molecule has 166 valence electrons. The first-order valence-corrected chi connectivity index (χ1v) is 10.3. The maximum Gasteiger partial charge on any atom is 0.191 e. The first kappa shape index (κ1) is 26.4. The lowest BCUT2D eigenvalue weighted by Crippen LogP contribution is -2.38. The van der Waals surface area contributed by atoms with Gasteiger partial charge >= 0.3 is 0 Å². The van der Waals surface area contributed by atoms with E-state index in [2.05, 4.69) is 54.6 Å². The molecule has 6 heteroatoms. The lowest BCUT2D eigenvalue weighted by Gasteiger charge is -2.19. The molecule has 30 heavy (non-hydrogen) atoms. The van der Waals surface area contributed by atoms with Crippen molar-refractivity contribution in [1.82, 2.24) is 10.6 Å². The molecule has 2 rings (SSSR count). The first-order valence-electron chi connectivity index (χ1n) is 10.3. The van der Waals surface area contributed by atoms with Gasteiger partial charge in [-0.3, -0.25) is 0 Å². The molecule has 0 amide bonds. The SMILES string of the molecule is CCNC(=NCc1cccc(COC(C)(C)C)c1)NCCC(O)c1ccccc1.I. The Morgan fingerprint density at radius 2 is 1.73 bits per heavy atom. The summed E-state index contributed by atoms with van der Waals surface area (Å²) in [7, 11) is 0. The number of benzene rings is 2. The van der Waals surface area contributed by atoms with Gasteiger partial charge in [0, 0.05) is 13.1 Å². The van der Waals surface area contributed by atoms with Gasteiger partial charge in [0.1, 0.15) is 0 Å². The number of rotatable bonds is 9. The van der Waals surface area contributed by atoms with Gasteiger partial charge in [0.05, 0.1) is 24.9 Å². The maximum absolute atomic E-state index is 10.3. The van der Waals surface area contributed by atoms with Crippen LogP contribution in [0.5, 0.6) is 0 Å². The van der Waals surface area contributed by atoms with Crippen molar-refractivity contribution < 1.29 is 9.84 Å². The number of nitrogens with zero attached hydrogens (tertiary/aromatic N) is 1. The summed E-state index contributed by atoms with van der Waals surface area (Å²) in [6, 6.07) is 18.1. The molecule has 0 aliphatic rings. The molecule has 1 atom stereocenters. The molecule has 0 bridgehead atoms. The number of aliphatic hydroxyl groups excluding tert-OH is 1. The van der Waals surface area contributed by atoms with E-state index in [4.69, 9.17) is 4.74 Å². The second-order valence-electron chi connectivity index (χ2n) is 8.06. The van der Waals surface area contributed by atoms with Gasteiger partial charge in [-0.1, -0.05) is 54.6 Å². The van der Waals surface area contributed by atoms with Crippen LogP contribution in [0.3, 0.4) is 0 Å². The Hall–Kier alpha value is -1.64. The fourth-order valence-electron chi connectivity index (χ4n) is 2.80. The van der Waals surface area contributed by atoms with Crippen LogP contribution in [0.4, 0.5) is 0 Å². The van der Waals surface area contributed by atoms with Gasteiger partial charge in [-0.25, -0.2) is 4.99 Å². The second-order valence-corrected chi connectivity index (χ2v) is 8.06. The van der Waals surface area contributed by atoms with Gasteiger partial charge in [0.2, 0.25) is 0 Å². The van der Waals surface area contributed by atoms with Crippen molar-refractivity contribution >= 4 is 29.9 Å². The highest BCUT2D eigenvalue weighted by atomic mass is 127. The van der Waals surface area contributed by atoms with Crippen LogP contribution in [0.2, 0.25) is 0 Å². The number of ether oxygens (including phenoxy) is 1. The molecule has 0 radical (unpaired) electrons. The van der Waals surface area contributed by atoms with Crippen molar-refractivity contribution in [3.05, 3.63) is 71.3 Å². The van der Waals surface area contributed by atoms with E-state index < -0.39 is 6.10 Å². The van der Waals surface area contributed by atoms with E-state index in [9.17, 15) is 5.11 Å². The average molecular weight is 525 g/mol. The summed E-state index contributed by atoms with van der Waals surface area (Å²) in [5.41, 5.74) is 3.07. The van der Waals surface area contributed by atoms with E-state index in [-0.39, 0.29) is 29.6 Å². The molecule has 0 spiro atoms. The number of halogens is 1. The van der Waals surface area contributed by atoms with E-state index >= 15 is 0 Å². The number of hydrogen-bond donors (Lipinski definition) is 3. The predicted molar refractivity (Wildman–Crippen MR) is 135 cm³/mol. The van der Waals surface area contributed by atoms with Crippen LogP contribution < -0.4 is 10.6 Å². The number of hydrogen-bond acceptors (Lipinski definition) is 3. The van der Waals surface area contributed by atoms with Crippen LogP contribution in [0.25, 0.3) is 0 Å². The number of aliphatic imine (C=N–C) groups is 1. The van der Waals surface area contributed by atoms with Gasteiger partial charge in [-0.05, 0) is 50.8 Å². The highest BCUT2D eigenvalue weighted by Crippen LogP contribution is 2.15. The van der Waals surface area contributed by atoms with E-state index in [1.54, 1.807) is 0 Å². The molecule has 0 saturated carbocycles. The molecule has 2 aromatic carbocycles. The minimum atomic E-state index is -0.480. The third-order valence-corrected chi connectivity index (χ3v) is 4.32. The van der Waals surface area contributed by atoms with Gasteiger partial charge in [-0.15, -0.1) is 24.0 Å². The van der Waals surface area contributed by atoms with Crippen molar-refractivity contribution in [1.29, 1.82) is 0 Å². The van der Waals surface area contributed by atoms with Gasteiger partial charge in [-0.2, -0.15) is 0 Å². The molecule has 0 aliphatic carbocycles. The molecular weight excluding hydrogens is 489 g/mol. The average Bonchev–Trinajstić information content (AvgIpc) is 2.71. The summed E-state index contributed by atoms with van der Waals surface area (Å²) in [4.78, 5) is 4.68. The second kappa shape index (κ2) is 13.6. The largest absolute Gasteiger partial charge is 0.388 e. The fourth-order valence-corrected chi connectivity index (χ4v) is 2.80. The molecule has 5 nitrogen and oxygen atoms in total. The van der Waals surface area contributed by atoms with Crippen LogP contribution in [0.1, 0.15) is 56.9 Å². The summed E-state index contributed by atoms with van der Waals surface area (Å²) in [6.45, 7) is 10.8. The van der Waals surface area contributed by atoms with Crippen molar-refractivity contribution in [3.63, 3.8) is 0 Å². The molecular formula is C24H36IN3O2. The first-order chi connectivity index (χ1) is 13.9. The Bertz CT molecular complexity index is 761. The minimum absolute atomic E-state index is 0. The van der Waals surface area contributed by atoms with E-state index in [1.807, 2.05) is 43.3 Å². The number of guanidine groups is 1. The smallest absolute Gasteiger partial charge is 0.191 e. The lowest BCUT2D eigenvalue weighted by molar-refractivity contribution is -0.0149. The maximum atomic E-state index is 10.3. The highest BCUT2D eigenvalue weighted by Gasteiger charge is 2.10. The molecule has 0 aliphatic heterocycles. The molecule has 0 aromatic heterocycles. The zero-order valence-electron chi connectivity index (χ0n) is 18.5. The molecule has 0 saturated heterocycles. The highest BCUT2D eigenvalue weighted by molar-refractivity contribution is 14.0. The topological polar surface area (TPSA) is 65.9 Å². The monoisotopic (exact) mass is 525 g/mol. The van der Waals surface area contributed by atoms with E-state index in [0.29, 0.717) is 26.1 Å². The minimum Gasteiger partial charge on any atom is -0.388 e. The number of aliphatic hydroxyl groups is 1. The normalized spacial score (nSPS) is 12.8. The van der Waals surface area contributed by atoms with Crippen molar-refractivity contribution in [2.75, 3.05) is 13.1 Å². The van der Waals surface area contributed by atoms with Crippen LogP contribution >= 0.6 is 24.0 Å². The van der Waals surface area contributed by atoms with Gasteiger partial charge in [0.15, 0.2) is 5.96 Å².